The van der Waals surface area contributed by atoms with Crippen molar-refractivity contribution in [2.75, 3.05) is 6.54 Å². The van der Waals surface area contributed by atoms with E-state index in [1.54, 1.807) is 6.92 Å². The van der Waals surface area contributed by atoms with Gasteiger partial charge in [-0.25, -0.2) is 0 Å². The van der Waals surface area contributed by atoms with Crippen molar-refractivity contribution >= 4 is 18.3 Å². The summed E-state index contributed by atoms with van der Waals surface area (Å²) in [6.45, 7) is 5.80. The quantitative estimate of drug-likeness (QED) is 0.866. The van der Waals surface area contributed by atoms with E-state index in [-0.39, 0.29) is 36.9 Å². The minimum Gasteiger partial charge on any atom is -0.349 e. The van der Waals surface area contributed by atoms with Crippen LogP contribution in [0.25, 0.3) is 0 Å². The molecule has 0 fully saturated rings. The molecule has 7 heteroatoms. The number of benzene rings is 1. The van der Waals surface area contributed by atoms with Crippen molar-refractivity contribution in [2.24, 2.45) is 11.7 Å². The van der Waals surface area contributed by atoms with Gasteiger partial charge in [0.2, 0.25) is 5.91 Å². The topological polar surface area (TPSA) is 55.1 Å². The van der Waals surface area contributed by atoms with E-state index in [0.29, 0.717) is 0 Å². The zero-order valence-corrected chi connectivity index (χ0v) is 13.6. The maximum absolute atomic E-state index is 12.9. The number of amides is 1. The molecule has 1 unspecified atom stereocenters. The largest absolute Gasteiger partial charge is 0.416 e. The molecule has 0 spiro atoms. The van der Waals surface area contributed by atoms with Gasteiger partial charge in [0.05, 0.1) is 17.5 Å². The third-order valence-electron chi connectivity index (χ3n) is 3.80. The SMILES string of the molecule is CC(C)C(C)(CN)NC(=O)Cc1ccccc1C(F)(F)F.Cl. The average molecular weight is 339 g/mol. The Labute approximate surface area is 134 Å². The number of nitrogens with one attached hydrogen (secondary N) is 1. The van der Waals surface area contributed by atoms with Gasteiger partial charge in [0, 0.05) is 6.54 Å². The minimum absolute atomic E-state index is 0. The first kappa shape index (κ1) is 20.7. The molecule has 0 saturated carbocycles. The van der Waals surface area contributed by atoms with E-state index in [0.717, 1.165) is 6.07 Å². The first-order valence-corrected chi connectivity index (χ1v) is 6.76. The van der Waals surface area contributed by atoms with Gasteiger partial charge in [0.1, 0.15) is 0 Å². The molecule has 0 aliphatic rings. The van der Waals surface area contributed by atoms with E-state index in [4.69, 9.17) is 5.73 Å². The van der Waals surface area contributed by atoms with Gasteiger partial charge < -0.3 is 11.1 Å². The molecule has 0 bridgehead atoms. The second kappa shape index (κ2) is 7.83. The lowest BCUT2D eigenvalue weighted by atomic mass is 9.88. The van der Waals surface area contributed by atoms with Gasteiger partial charge in [-0.1, -0.05) is 32.0 Å². The summed E-state index contributed by atoms with van der Waals surface area (Å²) in [5.41, 5.74) is 4.20. The highest BCUT2D eigenvalue weighted by Gasteiger charge is 2.34. The average Bonchev–Trinajstić information content (AvgIpc) is 2.37. The molecule has 1 atom stereocenters. The number of carbonyl (C=O) groups excluding carboxylic acids is 1. The molecule has 0 saturated heterocycles. The van der Waals surface area contributed by atoms with Crippen molar-refractivity contribution in [3.05, 3.63) is 35.4 Å². The number of carbonyl (C=O) groups is 1. The molecule has 22 heavy (non-hydrogen) atoms. The summed E-state index contributed by atoms with van der Waals surface area (Å²) in [5, 5.41) is 2.74. The predicted molar refractivity (Wildman–Crippen MR) is 82.8 cm³/mol. The van der Waals surface area contributed by atoms with Crippen LogP contribution in [-0.2, 0) is 17.4 Å². The smallest absolute Gasteiger partial charge is 0.349 e. The maximum Gasteiger partial charge on any atom is 0.416 e. The normalized spacial score (nSPS) is 14.2. The van der Waals surface area contributed by atoms with E-state index in [1.165, 1.54) is 18.2 Å². The first-order valence-electron chi connectivity index (χ1n) is 6.76. The molecule has 126 valence electrons. The summed E-state index contributed by atoms with van der Waals surface area (Å²) in [6.07, 6.45) is -4.79. The fourth-order valence-electron chi connectivity index (χ4n) is 1.92. The van der Waals surface area contributed by atoms with Crippen LogP contribution in [0.15, 0.2) is 24.3 Å². The zero-order valence-electron chi connectivity index (χ0n) is 12.8. The Morgan fingerprint density at radius 2 is 1.82 bits per heavy atom. The Kier molecular flexibility index (Phi) is 7.38. The molecular weight excluding hydrogens is 317 g/mol. The van der Waals surface area contributed by atoms with Crippen LogP contribution in [0, 0.1) is 5.92 Å². The molecule has 1 rings (SSSR count). The van der Waals surface area contributed by atoms with Crippen molar-refractivity contribution in [3.63, 3.8) is 0 Å². The minimum atomic E-state index is -4.47. The Morgan fingerprint density at radius 1 is 1.27 bits per heavy atom. The molecular formula is C15H22ClF3N2O. The van der Waals surface area contributed by atoms with Crippen LogP contribution >= 0.6 is 12.4 Å². The Morgan fingerprint density at radius 3 is 2.27 bits per heavy atom. The lowest BCUT2D eigenvalue weighted by Crippen LogP contribution is -2.55. The van der Waals surface area contributed by atoms with Crippen molar-refractivity contribution in [3.8, 4) is 0 Å². The number of alkyl halides is 3. The van der Waals surface area contributed by atoms with Crippen LogP contribution in [0.5, 0.6) is 0 Å². The molecule has 0 heterocycles. The molecule has 1 amide bonds. The lowest BCUT2D eigenvalue weighted by Gasteiger charge is -2.33. The van der Waals surface area contributed by atoms with Crippen LogP contribution < -0.4 is 11.1 Å². The van der Waals surface area contributed by atoms with Crippen molar-refractivity contribution in [1.82, 2.24) is 5.32 Å². The summed E-state index contributed by atoms with van der Waals surface area (Å²) < 4.78 is 38.6. The van der Waals surface area contributed by atoms with Crippen LogP contribution in [0.4, 0.5) is 13.2 Å². The van der Waals surface area contributed by atoms with Gasteiger partial charge in [-0.2, -0.15) is 13.2 Å². The van der Waals surface area contributed by atoms with Crippen LogP contribution in [0.3, 0.4) is 0 Å². The van der Waals surface area contributed by atoms with Gasteiger partial charge in [0.15, 0.2) is 0 Å². The third-order valence-corrected chi connectivity index (χ3v) is 3.80. The molecule has 3 nitrogen and oxygen atoms in total. The predicted octanol–water partition coefficient (Wildman–Crippen LogP) is 3.16. The van der Waals surface area contributed by atoms with Gasteiger partial charge in [0.25, 0.3) is 0 Å². The molecule has 1 aromatic rings. The summed E-state index contributed by atoms with van der Waals surface area (Å²) in [4.78, 5) is 12.0. The number of nitrogens with two attached hydrogens (primary N) is 1. The van der Waals surface area contributed by atoms with Crippen LogP contribution in [0.1, 0.15) is 31.9 Å². The fraction of sp³-hybridized carbons (Fsp3) is 0.533. The van der Waals surface area contributed by atoms with Crippen LogP contribution in [-0.4, -0.2) is 18.0 Å². The fourth-order valence-corrected chi connectivity index (χ4v) is 1.92. The number of hydrogen-bond acceptors (Lipinski definition) is 2. The Hall–Kier alpha value is -1.27. The molecule has 0 aromatic heterocycles. The van der Waals surface area contributed by atoms with E-state index in [9.17, 15) is 18.0 Å². The molecule has 0 aliphatic heterocycles. The van der Waals surface area contributed by atoms with Crippen molar-refractivity contribution in [2.45, 2.75) is 38.9 Å². The number of halogens is 4. The monoisotopic (exact) mass is 338 g/mol. The van der Waals surface area contributed by atoms with Crippen LogP contribution in [0.2, 0.25) is 0 Å². The van der Waals surface area contributed by atoms with E-state index >= 15 is 0 Å². The number of hydrogen-bond donors (Lipinski definition) is 2. The molecule has 0 aliphatic carbocycles. The Bertz CT molecular complexity index is 506. The standard InChI is InChI=1S/C15H21F3N2O.ClH/c1-10(2)14(3,9-19)20-13(21)8-11-6-4-5-7-12(11)15(16,17)18;/h4-7,10H,8-9,19H2,1-3H3,(H,20,21);1H. The van der Waals surface area contributed by atoms with Gasteiger partial charge in [-0.3, -0.25) is 4.79 Å². The lowest BCUT2D eigenvalue weighted by molar-refractivity contribution is -0.138. The zero-order chi connectivity index (χ0) is 16.3. The first-order chi connectivity index (χ1) is 9.60. The highest BCUT2D eigenvalue weighted by molar-refractivity contribution is 5.85. The summed E-state index contributed by atoms with van der Waals surface area (Å²) >= 11 is 0. The second-order valence-corrected chi connectivity index (χ2v) is 5.66. The summed E-state index contributed by atoms with van der Waals surface area (Å²) in [7, 11) is 0. The van der Waals surface area contributed by atoms with E-state index < -0.39 is 23.2 Å². The highest BCUT2D eigenvalue weighted by Crippen LogP contribution is 2.32. The number of rotatable bonds is 5. The molecule has 0 radical (unpaired) electrons. The van der Waals surface area contributed by atoms with Gasteiger partial charge >= 0.3 is 6.18 Å². The summed E-state index contributed by atoms with van der Waals surface area (Å²) in [5.74, 6) is -0.391. The third kappa shape index (κ3) is 5.18. The summed E-state index contributed by atoms with van der Waals surface area (Å²) in [6, 6.07) is 5.09. The highest BCUT2D eigenvalue weighted by atomic mass is 35.5. The van der Waals surface area contributed by atoms with Crippen molar-refractivity contribution < 1.29 is 18.0 Å². The maximum atomic E-state index is 12.9. The van der Waals surface area contributed by atoms with E-state index in [1.807, 2.05) is 13.8 Å². The molecule has 3 N–H and O–H groups in total. The Balaban J connectivity index is 0.00000441. The molecule has 1 aromatic carbocycles. The van der Waals surface area contributed by atoms with Gasteiger partial charge in [-0.05, 0) is 24.5 Å². The second-order valence-electron chi connectivity index (χ2n) is 5.66. The van der Waals surface area contributed by atoms with Gasteiger partial charge in [-0.15, -0.1) is 12.4 Å². The van der Waals surface area contributed by atoms with Crippen molar-refractivity contribution in [1.29, 1.82) is 0 Å². The van der Waals surface area contributed by atoms with E-state index in [2.05, 4.69) is 5.32 Å².